The summed E-state index contributed by atoms with van der Waals surface area (Å²) in [6.07, 6.45) is 0. The first-order valence-corrected chi connectivity index (χ1v) is 6.54. The van der Waals surface area contributed by atoms with Gasteiger partial charge in [0.1, 0.15) is 11.6 Å². The topological polar surface area (TPSA) is 63.2 Å². The fraction of sp³-hybridized carbons (Fsp3) is 0.417. The number of aliphatic hydroxyl groups is 1. The Morgan fingerprint density at radius 1 is 1.44 bits per heavy atom. The van der Waals surface area contributed by atoms with Crippen LogP contribution in [0.5, 0.6) is 0 Å². The molecule has 0 atom stereocenters. The lowest BCUT2D eigenvalue weighted by molar-refractivity contribution is 0.270. The standard InChI is InChI=1S/C12H16BrN3O2/c1-8-9(2)15-16(5-6-17)12(8)14-7-10-3-4-11(13)18-10/h3-4,14,17H,5-7H2,1-2H3. The Hall–Kier alpha value is -1.27. The first-order valence-electron chi connectivity index (χ1n) is 5.74. The van der Waals surface area contributed by atoms with E-state index in [0.717, 1.165) is 27.5 Å². The summed E-state index contributed by atoms with van der Waals surface area (Å²) in [7, 11) is 0. The Balaban J connectivity index is 2.12. The van der Waals surface area contributed by atoms with Crippen molar-refractivity contribution in [2.24, 2.45) is 0 Å². The van der Waals surface area contributed by atoms with E-state index in [1.807, 2.05) is 26.0 Å². The molecule has 18 heavy (non-hydrogen) atoms. The van der Waals surface area contributed by atoms with Crippen LogP contribution in [0.2, 0.25) is 0 Å². The Morgan fingerprint density at radius 3 is 2.83 bits per heavy atom. The van der Waals surface area contributed by atoms with Gasteiger partial charge in [-0.25, -0.2) is 4.68 Å². The lowest BCUT2D eigenvalue weighted by atomic mass is 10.3. The number of anilines is 1. The molecule has 98 valence electrons. The Kier molecular flexibility index (Phi) is 4.08. The van der Waals surface area contributed by atoms with E-state index < -0.39 is 0 Å². The molecule has 0 aliphatic rings. The van der Waals surface area contributed by atoms with Gasteiger partial charge in [0.15, 0.2) is 4.67 Å². The van der Waals surface area contributed by atoms with Crippen molar-refractivity contribution in [2.45, 2.75) is 26.9 Å². The molecule has 0 amide bonds. The van der Waals surface area contributed by atoms with E-state index >= 15 is 0 Å². The molecule has 2 rings (SSSR count). The molecular formula is C12H16BrN3O2. The summed E-state index contributed by atoms with van der Waals surface area (Å²) < 4.78 is 7.93. The largest absolute Gasteiger partial charge is 0.452 e. The Labute approximate surface area is 114 Å². The third-order valence-corrected chi connectivity index (χ3v) is 3.22. The predicted octanol–water partition coefficient (Wildman–Crippen LogP) is 2.46. The van der Waals surface area contributed by atoms with E-state index in [1.54, 1.807) is 4.68 Å². The summed E-state index contributed by atoms with van der Waals surface area (Å²) in [6, 6.07) is 3.77. The molecule has 5 nitrogen and oxygen atoms in total. The van der Waals surface area contributed by atoms with Crippen molar-refractivity contribution in [3.05, 3.63) is 33.8 Å². The minimum Gasteiger partial charge on any atom is -0.452 e. The molecule has 2 aromatic heterocycles. The maximum atomic E-state index is 9.02. The molecule has 0 bridgehead atoms. The van der Waals surface area contributed by atoms with Crippen molar-refractivity contribution < 1.29 is 9.52 Å². The van der Waals surface area contributed by atoms with E-state index in [4.69, 9.17) is 9.52 Å². The highest BCUT2D eigenvalue weighted by Crippen LogP contribution is 2.20. The van der Waals surface area contributed by atoms with Crippen LogP contribution in [0.15, 0.2) is 21.2 Å². The van der Waals surface area contributed by atoms with Crippen molar-refractivity contribution in [3.63, 3.8) is 0 Å². The van der Waals surface area contributed by atoms with Crippen LogP contribution in [-0.4, -0.2) is 21.5 Å². The highest BCUT2D eigenvalue weighted by molar-refractivity contribution is 9.10. The lowest BCUT2D eigenvalue weighted by Gasteiger charge is -2.08. The number of nitrogens with zero attached hydrogens (tertiary/aromatic N) is 2. The maximum Gasteiger partial charge on any atom is 0.169 e. The molecule has 2 N–H and O–H groups in total. The number of halogens is 1. The number of nitrogens with one attached hydrogen (secondary N) is 1. The van der Waals surface area contributed by atoms with Crippen LogP contribution in [0.4, 0.5) is 5.82 Å². The van der Waals surface area contributed by atoms with Crippen LogP contribution in [0, 0.1) is 13.8 Å². The summed E-state index contributed by atoms with van der Waals surface area (Å²) in [5.74, 6) is 1.77. The van der Waals surface area contributed by atoms with Gasteiger partial charge in [0.05, 0.1) is 25.4 Å². The second-order valence-corrected chi connectivity index (χ2v) is 4.85. The average Bonchev–Trinajstić information content (AvgIpc) is 2.84. The zero-order valence-corrected chi connectivity index (χ0v) is 12.0. The van der Waals surface area contributed by atoms with Crippen LogP contribution in [0.25, 0.3) is 0 Å². The summed E-state index contributed by atoms with van der Waals surface area (Å²) in [6.45, 7) is 5.11. The molecule has 0 aliphatic heterocycles. The number of aliphatic hydroxyl groups excluding tert-OH is 1. The number of hydrogen-bond acceptors (Lipinski definition) is 4. The minimum absolute atomic E-state index is 0.0710. The molecule has 0 aliphatic carbocycles. The molecule has 0 fully saturated rings. The smallest absolute Gasteiger partial charge is 0.169 e. The monoisotopic (exact) mass is 313 g/mol. The van der Waals surface area contributed by atoms with Gasteiger partial charge < -0.3 is 14.8 Å². The summed E-state index contributed by atoms with van der Waals surface area (Å²) in [4.78, 5) is 0. The molecule has 6 heteroatoms. The number of furan rings is 1. The fourth-order valence-electron chi connectivity index (χ4n) is 1.77. The van der Waals surface area contributed by atoms with Gasteiger partial charge in [-0.05, 0) is 41.9 Å². The van der Waals surface area contributed by atoms with E-state index in [2.05, 4.69) is 26.3 Å². The van der Waals surface area contributed by atoms with E-state index in [1.165, 1.54) is 0 Å². The zero-order valence-electron chi connectivity index (χ0n) is 10.4. The molecular weight excluding hydrogens is 298 g/mol. The Bertz CT molecular complexity index is 533. The summed E-state index contributed by atoms with van der Waals surface area (Å²) >= 11 is 3.27. The van der Waals surface area contributed by atoms with Crippen molar-refractivity contribution in [3.8, 4) is 0 Å². The third kappa shape index (κ3) is 2.76. The van der Waals surface area contributed by atoms with Gasteiger partial charge >= 0.3 is 0 Å². The molecule has 2 heterocycles. The summed E-state index contributed by atoms with van der Waals surface area (Å²) in [5.41, 5.74) is 2.06. The maximum absolute atomic E-state index is 9.02. The Morgan fingerprint density at radius 2 is 2.22 bits per heavy atom. The van der Waals surface area contributed by atoms with E-state index in [-0.39, 0.29) is 6.61 Å². The SMILES string of the molecule is Cc1nn(CCO)c(NCc2ccc(Br)o2)c1C. The van der Waals surface area contributed by atoms with Crippen molar-refractivity contribution in [1.29, 1.82) is 0 Å². The minimum atomic E-state index is 0.0710. The van der Waals surface area contributed by atoms with Crippen LogP contribution in [0.3, 0.4) is 0 Å². The van der Waals surface area contributed by atoms with Gasteiger partial charge in [-0.3, -0.25) is 0 Å². The summed E-state index contributed by atoms with van der Waals surface area (Å²) in [5, 5.41) is 16.7. The predicted molar refractivity (Wildman–Crippen MR) is 72.5 cm³/mol. The second-order valence-electron chi connectivity index (χ2n) is 4.07. The van der Waals surface area contributed by atoms with Gasteiger partial charge in [0.2, 0.25) is 0 Å². The van der Waals surface area contributed by atoms with Crippen molar-refractivity contribution >= 4 is 21.7 Å². The molecule has 0 spiro atoms. The van der Waals surface area contributed by atoms with E-state index in [9.17, 15) is 0 Å². The molecule has 0 saturated heterocycles. The zero-order chi connectivity index (χ0) is 13.1. The fourth-order valence-corrected chi connectivity index (χ4v) is 2.11. The molecule has 2 aromatic rings. The number of aryl methyl sites for hydroxylation is 1. The van der Waals surface area contributed by atoms with Gasteiger partial charge in [-0.15, -0.1) is 0 Å². The van der Waals surface area contributed by atoms with Crippen LogP contribution >= 0.6 is 15.9 Å². The van der Waals surface area contributed by atoms with Gasteiger partial charge in [0, 0.05) is 5.56 Å². The molecule has 0 radical (unpaired) electrons. The van der Waals surface area contributed by atoms with E-state index in [0.29, 0.717) is 13.1 Å². The number of aromatic nitrogens is 2. The number of hydrogen-bond donors (Lipinski definition) is 2. The average molecular weight is 314 g/mol. The molecule has 0 unspecified atom stereocenters. The quantitative estimate of drug-likeness (QED) is 0.890. The van der Waals surface area contributed by atoms with Gasteiger partial charge in [-0.1, -0.05) is 0 Å². The van der Waals surface area contributed by atoms with Gasteiger partial charge in [0.25, 0.3) is 0 Å². The van der Waals surface area contributed by atoms with Gasteiger partial charge in [-0.2, -0.15) is 5.10 Å². The van der Waals surface area contributed by atoms with Crippen molar-refractivity contribution in [2.75, 3.05) is 11.9 Å². The normalized spacial score (nSPS) is 10.9. The van der Waals surface area contributed by atoms with Crippen LogP contribution < -0.4 is 5.32 Å². The van der Waals surface area contributed by atoms with Crippen LogP contribution in [0.1, 0.15) is 17.0 Å². The van der Waals surface area contributed by atoms with Crippen molar-refractivity contribution in [1.82, 2.24) is 9.78 Å². The first kappa shape index (κ1) is 13.2. The molecule has 0 aromatic carbocycles. The third-order valence-electron chi connectivity index (χ3n) is 2.80. The van der Waals surface area contributed by atoms with Crippen LogP contribution in [-0.2, 0) is 13.1 Å². The second kappa shape index (κ2) is 5.58. The first-order chi connectivity index (χ1) is 8.61. The number of rotatable bonds is 5. The molecule has 0 saturated carbocycles. The lowest BCUT2D eigenvalue weighted by Crippen LogP contribution is -2.10. The highest BCUT2D eigenvalue weighted by atomic mass is 79.9. The highest BCUT2D eigenvalue weighted by Gasteiger charge is 2.11.